The van der Waals surface area contributed by atoms with Crippen LogP contribution in [0.5, 0.6) is 0 Å². The minimum atomic E-state index is 0.556. The first-order valence-electron chi connectivity index (χ1n) is 3.55. The molecule has 1 nitrogen and oxygen atoms in total. The smallest absolute Gasteiger partial charge is 0.0548 e. The lowest BCUT2D eigenvalue weighted by Gasteiger charge is -1.96. The van der Waals surface area contributed by atoms with Crippen molar-refractivity contribution in [2.24, 2.45) is 5.73 Å². The minimum absolute atomic E-state index is 0.556. The average molecular weight is 247 g/mol. The number of benzene rings is 1. The van der Waals surface area contributed by atoms with E-state index in [1.165, 1.54) is 0 Å². The van der Waals surface area contributed by atoms with Crippen molar-refractivity contribution in [1.29, 1.82) is 0 Å². The standard InChI is InChI=1S/C9H9BrClN/c10-8-6-7(2-1-5-12)3-4-9(8)11/h1-4,6H,5,12H2. The van der Waals surface area contributed by atoms with Gasteiger partial charge in [0.25, 0.3) is 0 Å². The van der Waals surface area contributed by atoms with Crippen LogP contribution in [0.1, 0.15) is 5.56 Å². The van der Waals surface area contributed by atoms with E-state index in [-0.39, 0.29) is 0 Å². The first kappa shape index (κ1) is 9.78. The zero-order chi connectivity index (χ0) is 8.97. The molecule has 0 amide bonds. The molecule has 0 aromatic heterocycles. The van der Waals surface area contributed by atoms with Crippen LogP contribution in [0.4, 0.5) is 0 Å². The molecule has 0 aliphatic rings. The topological polar surface area (TPSA) is 26.0 Å². The molecule has 2 N–H and O–H groups in total. The molecule has 0 saturated heterocycles. The van der Waals surface area contributed by atoms with Crippen molar-refractivity contribution in [1.82, 2.24) is 0 Å². The van der Waals surface area contributed by atoms with Crippen molar-refractivity contribution in [3.8, 4) is 0 Å². The molecular formula is C9H9BrClN. The lowest BCUT2D eigenvalue weighted by Crippen LogP contribution is -1.91. The van der Waals surface area contributed by atoms with Crippen LogP contribution in [0.2, 0.25) is 5.02 Å². The molecule has 1 aromatic carbocycles. The predicted octanol–water partition coefficient (Wildman–Crippen LogP) is 3.07. The molecule has 0 radical (unpaired) electrons. The van der Waals surface area contributed by atoms with Crippen molar-refractivity contribution in [2.45, 2.75) is 0 Å². The second-order valence-electron chi connectivity index (χ2n) is 2.31. The van der Waals surface area contributed by atoms with Gasteiger partial charge in [-0.15, -0.1) is 0 Å². The van der Waals surface area contributed by atoms with Gasteiger partial charge in [-0.3, -0.25) is 0 Å². The van der Waals surface area contributed by atoms with Crippen molar-refractivity contribution in [3.05, 3.63) is 39.3 Å². The van der Waals surface area contributed by atoms with E-state index < -0.39 is 0 Å². The molecule has 0 unspecified atom stereocenters. The maximum atomic E-state index is 5.82. The fourth-order valence-electron chi connectivity index (χ4n) is 0.820. The van der Waals surface area contributed by atoms with Gasteiger partial charge in [-0.05, 0) is 33.6 Å². The van der Waals surface area contributed by atoms with Gasteiger partial charge in [-0.25, -0.2) is 0 Å². The summed E-state index contributed by atoms with van der Waals surface area (Å²) in [7, 11) is 0. The van der Waals surface area contributed by atoms with E-state index in [0.717, 1.165) is 15.1 Å². The molecule has 0 aliphatic carbocycles. The SMILES string of the molecule is NCC=Cc1ccc(Cl)c(Br)c1. The quantitative estimate of drug-likeness (QED) is 0.853. The molecule has 0 heterocycles. The Morgan fingerprint density at radius 2 is 2.25 bits per heavy atom. The van der Waals surface area contributed by atoms with Gasteiger partial charge in [-0.1, -0.05) is 29.8 Å². The normalized spacial score (nSPS) is 10.9. The maximum absolute atomic E-state index is 5.82. The zero-order valence-corrected chi connectivity index (χ0v) is 8.77. The first-order chi connectivity index (χ1) is 5.74. The summed E-state index contributed by atoms with van der Waals surface area (Å²) in [4.78, 5) is 0. The predicted molar refractivity (Wildman–Crippen MR) is 57.2 cm³/mol. The fraction of sp³-hybridized carbons (Fsp3) is 0.111. The Hall–Kier alpha value is -0.310. The van der Waals surface area contributed by atoms with Gasteiger partial charge in [0.2, 0.25) is 0 Å². The van der Waals surface area contributed by atoms with E-state index in [0.29, 0.717) is 6.54 Å². The van der Waals surface area contributed by atoms with Crippen LogP contribution in [0.25, 0.3) is 6.08 Å². The van der Waals surface area contributed by atoms with Gasteiger partial charge in [-0.2, -0.15) is 0 Å². The Labute approximate surface area is 85.3 Å². The summed E-state index contributed by atoms with van der Waals surface area (Å²) in [5, 5.41) is 0.722. The van der Waals surface area contributed by atoms with Gasteiger partial charge in [0.05, 0.1) is 5.02 Å². The molecule has 0 spiro atoms. The molecule has 1 aromatic rings. The van der Waals surface area contributed by atoms with E-state index in [9.17, 15) is 0 Å². The van der Waals surface area contributed by atoms with Gasteiger partial charge in [0, 0.05) is 11.0 Å². The van der Waals surface area contributed by atoms with Crippen molar-refractivity contribution in [3.63, 3.8) is 0 Å². The molecule has 0 fully saturated rings. The lowest BCUT2D eigenvalue weighted by atomic mass is 10.2. The number of halogens is 2. The molecule has 0 saturated carbocycles. The maximum Gasteiger partial charge on any atom is 0.0548 e. The molecule has 64 valence electrons. The van der Waals surface area contributed by atoms with E-state index in [2.05, 4.69) is 15.9 Å². The average Bonchev–Trinajstić information content (AvgIpc) is 2.07. The summed E-state index contributed by atoms with van der Waals surface area (Å²) in [6.45, 7) is 0.556. The van der Waals surface area contributed by atoms with Crippen LogP contribution in [0.15, 0.2) is 28.7 Å². The molecule has 0 atom stereocenters. The molecule has 0 bridgehead atoms. The van der Waals surface area contributed by atoms with E-state index in [4.69, 9.17) is 17.3 Å². The second kappa shape index (κ2) is 4.65. The summed E-state index contributed by atoms with van der Waals surface area (Å²) in [5.41, 5.74) is 6.41. The van der Waals surface area contributed by atoms with Crippen LogP contribution >= 0.6 is 27.5 Å². The van der Waals surface area contributed by atoms with Crippen LogP contribution in [-0.4, -0.2) is 6.54 Å². The Balaban J connectivity index is 2.89. The largest absolute Gasteiger partial charge is 0.327 e. The van der Waals surface area contributed by atoms with Gasteiger partial charge >= 0.3 is 0 Å². The van der Waals surface area contributed by atoms with Gasteiger partial charge in [0.15, 0.2) is 0 Å². The number of rotatable bonds is 2. The van der Waals surface area contributed by atoms with Crippen LogP contribution in [0, 0.1) is 0 Å². The number of hydrogen-bond acceptors (Lipinski definition) is 1. The van der Waals surface area contributed by atoms with Crippen molar-refractivity contribution < 1.29 is 0 Å². The summed E-state index contributed by atoms with van der Waals surface area (Å²) in [6.07, 6.45) is 3.86. The van der Waals surface area contributed by atoms with Crippen LogP contribution in [-0.2, 0) is 0 Å². The molecular weight excluding hydrogens is 237 g/mol. The van der Waals surface area contributed by atoms with E-state index >= 15 is 0 Å². The monoisotopic (exact) mass is 245 g/mol. The highest BCUT2D eigenvalue weighted by Crippen LogP contribution is 2.23. The van der Waals surface area contributed by atoms with Crippen LogP contribution < -0.4 is 5.73 Å². The third-order valence-electron chi connectivity index (χ3n) is 1.39. The van der Waals surface area contributed by atoms with E-state index in [1.54, 1.807) is 0 Å². The Morgan fingerprint density at radius 1 is 1.50 bits per heavy atom. The highest BCUT2D eigenvalue weighted by molar-refractivity contribution is 9.10. The zero-order valence-electron chi connectivity index (χ0n) is 6.43. The lowest BCUT2D eigenvalue weighted by molar-refractivity contribution is 1.26. The summed E-state index contributed by atoms with van der Waals surface area (Å²) >= 11 is 9.16. The van der Waals surface area contributed by atoms with Crippen LogP contribution in [0.3, 0.4) is 0 Å². The number of nitrogens with two attached hydrogens (primary N) is 1. The third kappa shape index (κ3) is 2.63. The molecule has 3 heteroatoms. The summed E-state index contributed by atoms with van der Waals surface area (Å²) < 4.78 is 0.906. The fourth-order valence-corrected chi connectivity index (χ4v) is 1.33. The molecule has 12 heavy (non-hydrogen) atoms. The Kier molecular flexibility index (Phi) is 3.79. The second-order valence-corrected chi connectivity index (χ2v) is 3.57. The highest BCUT2D eigenvalue weighted by atomic mass is 79.9. The van der Waals surface area contributed by atoms with Crippen molar-refractivity contribution in [2.75, 3.05) is 6.54 Å². The van der Waals surface area contributed by atoms with Gasteiger partial charge in [0.1, 0.15) is 0 Å². The van der Waals surface area contributed by atoms with Gasteiger partial charge < -0.3 is 5.73 Å². The first-order valence-corrected chi connectivity index (χ1v) is 4.73. The highest BCUT2D eigenvalue weighted by Gasteiger charge is 1.95. The van der Waals surface area contributed by atoms with E-state index in [1.807, 2.05) is 30.4 Å². The summed E-state index contributed by atoms with van der Waals surface area (Å²) in [6, 6.07) is 5.75. The Bertz CT molecular complexity index is 297. The minimum Gasteiger partial charge on any atom is -0.327 e. The summed E-state index contributed by atoms with van der Waals surface area (Å²) in [5.74, 6) is 0. The molecule has 0 aliphatic heterocycles. The third-order valence-corrected chi connectivity index (χ3v) is 2.60. The molecule has 1 rings (SSSR count). The Morgan fingerprint density at radius 3 is 2.83 bits per heavy atom. The van der Waals surface area contributed by atoms with Crippen molar-refractivity contribution >= 4 is 33.6 Å². The number of hydrogen-bond donors (Lipinski definition) is 1.